The summed E-state index contributed by atoms with van der Waals surface area (Å²) < 4.78 is 10.7. The van der Waals surface area contributed by atoms with Gasteiger partial charge in [0.2, 0.25) is 0 Å². The number of carbonyl (C=O) groups is 1. The summed E-state index contributed by atoms with van der Waals surface area (Å²) in [5, 5.41) is 3.03. The fourth-order valence-electron chi connectivity index (χ4n) is 3.31. The zero-order valence-corrected chi connectivity index (χ0v) is 16.9. The molecule has 2 atom stereocenters. The molecule has 1 unspecified atom stereocenters. The Balaban J connectivity index is 1.55. The Bertz CT molecular complexity index is 773. The second kappa shape index (κ2) is 9.57. The molecule has 150 valence electrons. The first-order valence-electron chi connectivity index (χ1n) is 9.75. The second-order valence-electron chi connectivity index (χ2n) is 7.23. The number of morpholine rings is 1. The van der Waals surface area contributed by atoms with Gasteiger partial charge in [-0.15, -0.1) is 0 Å². The normalized spacial score (nSPS) is 16.3. The summed E-state index contributed by atoms with van der Waals surface area (Å²) in [6.45, 7) is 6.04. The largest absolute Gasteiger partial charge is 0.497 e. The van der Waals surface area contributed by atoms with Gasteiger partial charge in [0.15, 0.2) is 6.04 Å². The third-order valence-electron chi connectivity index (χ3n) is 5.26. The molecule has 2 aromatic rings. The molecule has 0 aromatic heterocycles. The van der Waals surface area contributed by atoms with Crippen molar-refractivity contribution in [2.24, 2.45) is 0 Å². The van der Waals surface area contributed by atoms with E-state index in [4.69, 9.17) is 9.47 Å². The van der Waals surface area contributed by atoms with E-state index in [1.165, 1.54) is 0 Å². The van der Waals surface area contributed by atoms with Crippen LogP contribution in [0.5, 0.6) is 5.75 Å². The molecule has 1 aliphatic heterocycles. The van der Waals surface area contributed by atoms with Gasteiger partial charge in [-0.2, -0.15) is 0 Å². The number of quaternary nitrogens is 1. The first-order chi connectivity index (χ1) is 13.6. The number of nitrogens with one attached hydrogen (secondary N) is 2. The van der Waals surface area contributed by atoms with Crippen molar-refractivity contribution in [3.63, 3.8) is 0 Å². The number of carbonyl (C=O) groups excluding carboxylic acids is 1. The second-order valence-corrected chi connectivity index (χ2v) is 7.23. The molecular formula is C22H30N3O3+. The van der Waals surface area contributed by atoms with Crippen molar-refractivity contribution in [1.29, 1.82) is 0 Å². The summed E-state index contributed by atoms with van der Waals surface area (Å²) in [5.74, 6) is 0.849. The van der Waals surface area contributed by atoms with Gasteiger partial charge in [0, 0.05) is 30.0 Å². The van der Waals surface area contributed by atoms with E-state index in [0.717, 1.165) is 60.4 Å². The Morgan fingerprint density at radius 1 is 1.21 bits per heavy atom. The van der Waals surface area contributed by atoms with Gasteiger partial charge < -0.3 is 24.6 Å². The molecule has 3 rings (SSSR count). The van der Waals surface area contributed by atoms with Gasteiger partial charge in [0.05, 0.1) is 27.4 Å². The number of rotatable bonds is 7. The fourth-order valence-corrected chi connectivity index (χ4v) is 3.31. The molecule has 2 N–H and O–H groups in total. The van der Waals surface area contributed by atoms with Gasteiger partial charge in [0.25, 0.3) is 5.91 Å². The molecular weight excluding hydrogens is 354 g/mol. The maximum Gasteiger partial charge on any atom is 0.282 e. The molecule has 0 aliphatic carbocycles. The van der Waals surface area contributed by atoms with E-state index in [9.17, 15) is 4.79 Å². The van der Waals surface area contributed by atoms with Crippen molar-refractivity contribution in [3.8, 4) is 5.75 Å². The van der Waals surface area contributed by atoms with Crippen LogP contribution in [0.25, 0.3) is 0 Å². The molecule has 1 heterocycles. The lowest BCUT2D eigenvalue weighted by molar-refractivity contribution is -0.907. The van der Waals surface area contributed by atoms with Gasteiger partial charge >= 0.3 is 0 Å². The highest BCUT2D eigenvalue weighted by Crippen LogP contribution is 2.19. The summed E-state index contributed by atoms with van der Waals surface area (Å²) >= 11 is 0. The van der Waals surface area contributed by atoms with Crippen LogP contribution in [0.1, 0.15) is 12.5 Å². The van der Waals surface area contributed by atoms with E-state index in [1.807, 2.05) is 44.3 Å². The van der Waals surface area contributed by atoms with Crippen LogP contribution in [0.3, 0.4) is 0 Å². The zero-order valence-electron chi connectivity index (χ0n) is 16.9. The molecule has 0 spiro atoms. The molecule has 1 saturated heterocycles. The molecule has 28 heavy (non-hydrogen) atoms. The van der Waals surface area contributed by atoms with E-state index >= 15 is 0 Å². The summed E-state index contributed by atoms with van der Waals surface area (Å²) in [5.41, 5.74) is 3.13. The number of ether oxygens (including phenoxy) is 2. The molecule has 1 fully saturated rings. The number of anilines is 2. The first kappa shape index (κ1) is 20.2. The van der Waals surface area contributed by atoms with Gasteiger partial charge in [-0.05, 0) is 43.3 Å². The van der Waals surface area contributed by atoms with Crippen molar-refractivity contribution in [1.82, 2.24) is 0 Å². The number of likely N-dealkylation sites (N-methyl/N-ethyl adjacent to an activating group) is 1. The summed E-state index contributed by atoms with van der Waals surface area (Å²) in [4.78, 5) is 16.1. The van der Waals surface area contributed by atoms with E-state index in [2.05, 4.69) is 28.4 Å². The Labute approximate surface area is 167 Å². The third-order valence-corrected chi connectivity index (χ3v) is 5.26. The maximum atomic E-state index is 12.7. The number of amides is 1. The predicted molar refractivity (Wildman–Crippen MR) is 111 cm³/mol. The van der Waals surface area contributed by atoms with E-state index in [1.54, 1.807) is 7.11 Å². The monoisotopic (exact) mass is 384 g/mol. The van der Waals surface area contributed by atoms with Crippen molar-refractivity contribution in [2.45, 2.75) is 19.5 Å². The molecule has 6 nitrogen and oxygen atoms in total. The topological polar surface area (TPSA) is 55.2 Å². The minimum absolute atomic E-state index is 0.0134. The SMILES string of the molecule is COc1cccc(C[NH+](C)[C@@H](C)C(=O)Nc2ccc(N3CCOCC3)cc2)c1. The summed E-state index contributed by atoms with van der Waals surface area (Å²) in [6, 6.07) is 15.8. The number of methoxy groups -OCH3 is 1. The molecule has 6 heteroatoms. The molecule has 0 saturated carbocycles. The van der Waals surface area contributed by atoms with Crippen LogP contribution in [-0.4, -0.2) is 52.4 Å². The van der Waals surface area contributed by atoms with E-state index in [0.29, 0.717) is 0 Å². The number of benzene rings is 2. The minimum atomic E-state index is -0.176. The Hall–Kier alpha value is -2.57. The fraction of sp³-hybridized carbons (Fsp3) is 0.409. The average molecular weight is 385 g/mol. The molecule has 1 aliphatic rings. The van der Waals surface area contributed by atoms with Gasteiger partial charge in [-0.3, -0.25) is 4.79 Å². The highest BCUT2D eigenvalue weighted by molar-refractivity contribution is 5.93. The van der Waals surface area contributed by atoms with Crippen LogP contribution in [0.2, 0.25) is 0 Å². The highest BCUT2D eigenvalue weighted by atomic mass is 16.5. The van der Waals surface area contributed by atoms with Crippen molar-refractivity contribution in [3.05, 3.63) is 54.1 Å². The Morgan fingerprint density at radius 2 is 1.93 bits per heavy atom. The smallest absolute Gasteiger partial charge is 0.282 e. The zero-order chi connectivity index (χ0) is 19.9. The van der Waals surface area contributed by atoms with Gasteiger partial charge in [-0.25, -0.2) is 0 Å². The average Bonchev–Trinajstić information content (AvgIpc) is 2.74. The lowest BCUT2D eigenvalue weighted by Gasteiger charge is -2.29. The quantitative estimate of drug-likeness (QED) is 0.761. The summed E-state index contributed by atoms with van der Waals surface area (Å²) in [7, 11) is 3.70. The van der Waals surface area contributed by atoms with Gasteiger partial charge in [0.1, 0.15) is 12.3 Å². The standard InChI is InChI=1S/C22H29N3O3/c1-17(24(2)16-18-5-4-6-21(15-18)27-3)22(26)23-19-7-9-20(10-8-19)25-11-13-28-14-12-25/h4-10,15,17H,11-14,16H2,1-3H3,(H,23,26)/p+1/t17-/m0/s1. The van der Waals surface area contributed by atoms with Crippen LogP contribution >= 0.6 is 0 Å². The molecule has 1 amide bonds. The first-order valence-corrected chi connectivity index (χ1v) is 9.75. The van der Waals surface area contributed by atoms with E-state index < -0.39 is 0 Å². The maximum absolute atomic E-state index is 12.7. The van der Waals surface area contributed by atoms with Crippen LogP contribution in [0.15, 0.2) is 48.5 Å². The van der Waals surface area contributed by atoms with Crippen LogP contribution in [0, 0.1) is 0 Å². The molecule has 2 aromatic carbocycles. The van der Waals surface area contributed by atoms with Crippen molar-refractivity contribution >= 4 is 17.3 Å². The lowest BCUT2D eigenvalue weighted by atomic mass is 10.1. The molecule has 0 radical (unpaired) electrons. The number of hydrogen-bond acceptors (Lipinski definition) is 4. The highest BCUT2D eigenvalue weighted by Gasteiger charge is 2.22. The van der Waals surface area contributed by atoms with Crippen LogP contribution < -0.4 is 19.9 Å². The van der Waals surface area contributed by atoms with Crippen molar-refractivity contribution < 1.29 is 19.2 Å². The lowest BCUT2D eigenvalue weighted by Crippen LogP contribution is -3.12. The summed E-state index contributed by atoms with van der Waals surface area (Å²) in [6.07, 6.45) is 0. The van der Waals surface area contributed by atoms with Gasteiger partial charge in [-0.1, -0.05) is 12.1 Å². The predicted octanol–water partition coefficient (Wildman–Crippen LogP) is 1.57. The Morgan fingerprint density at radius 3 is 2.61 bits per heavy atom. The van der Waals surface area contributed by atoms with Crippen molar-refractivity contribution in [2.75, 3.05) is 50.7 Å². The Kier molecular flexibility index (Phi) is 6.90. The van der Waals surface area contributed by atoms with E-state index in [-0.39, 0.29) is 11.9 Å². The minimum Gasteiger partial charge on any atom is -0.497 e. The van der Waals surface area contributed by atoms with Crippen LogP contribution in [-0.2, 0) is 16.1 Å². The number of nitrogens with zero attached hydrogens (tertiary/aromatic N) is 1. The number of hydrogen-bond donors (Lipinski definition) is 2. The third kappa shape index (κ3) is 5.24. The molecule has 0 bridgehead atoms. The van der Waals surface area contributed by atoms with Crippen LogP contribution in [0.4, 0.5) is 11.4 Å².